The normalized spacial score (nSPS) is 18.0. The number of amides is 1. The number of nitrogens with zero attached hydrogens (tertiary/aromatic N) is 1. The van der Waals surface area contributed by atoms with Gasteiger partial charge in [-0.15, -0.1) is 0 Å². The Kier molecular flexibility index (Phi) is 6.17. The molecule has 1 amide bonds. The number of rotatable bonds is 3. The van der Waals surface area contributed by atoms with Crippen LogP contribution in [0.3, 0.4) is 0 Å². The number of ether oxygens (including phenoxy) is 1. The summed E-state index contributed by atoms with van der Waals surface area (Å²) >= 11 is 0. The van der Waals surface area contributed by atoms with E-state index in [-0.39, 0.29) is 11.9 Å². The van der Waals surface area contributed by atoms with Crippen LogP contribution < -0.4 is 10.6 Å². The summed E-state index contributed by atoms with van der Waals surface area (Å²) in [4.78, 5) is 26.9. The average Bonchev–Trinajstić information content (AvgIpc) is 2.98. The second-order valence-corrected chi connectivity index (χ2v) is 7.51. The molecule has 32 heavy (non-hydrogen) atoms. The molecule has 0 saturated carbocycles. The lowest BCUT2D eigenvalue weighted by Crippen LogP contribution is -2.32. The van der Waals surface area contributed by atoms with Gasteiger partial charge in [-0.1, -0.05) is 42.5 Å². The van der Waals surface area contributed by atoms with Crippen LogP contribution in [0, 0.1) is 0 Å². The Morgan fingerprint density at radius 1 is 0.969 bits per heavy atom. The van der Waals surface area contributed by atoms with Crippen LogP contribution in [-0.2, 0) is 9.53 Å². The van der Waals surface area contributed by atoms with Crippen LogP contribution in [-0.4, -0.2) is 25.5 Å². The number of nitrogen functional groups attached to an aromatic ring is 1. The van der Waals surface area contributed by atoms with Crippen molar-refractivity contribution >= 4 is 29.3 Å². The number of hydrogen-bond acceptors (Lipinski definition) is 4. The van der Waals surface area contributed by atoms with Crippen molar-refractivity contribution in [3.63, 3.8) is 0 Å². The maximum atomic E-state index is 13.3. The fourth-order valence-corrected chi connectivity index (χ4v) is 3.78. The Labute approximate surface area is 187 Å². The molecule has 0 saturated heterocycles. The summed E-state index contributed by atoms with van der Waals surface area (Å²) in [6.45, 7) is 0.546. The average molecular weight is 425 g/mol. The van der Waals surface area contributed by atoms with Crippen molar-refractivity contribution < 1.29 is 14.3 Å². The number of carbonyl (C=O) groups excluding carboxylic acids is 2. The third-order valence-electron chi connectivity index (χ3n) is 5.46. The van der Waals surface area contributed by atoms with Crippen molar-refractivity contribution in [3.8, 4) is 0 Å². The van der Waals surface area contributed by atoms with Crippen molar-refractivity contribution in [2.24, 2.45) is 0 Å². The molecule has 2 N–H and O–H groups in total. The molecule has 0 aromatic heterocycles. The van der Waals surface area contributed by atoms with Crippen molar-refractivity contribution in [1.82, 2.24) is 0 Å². The number of hydrogen-bond donors (Lipinski definition) is 1. The first-order valence-corrected chi connectivity index (χ1v) is 10.4. The summed E-state index contributed by atoms with van der Waals surface area (Å²) < 4.78 is 4.79. The third-order valence-corrected chi connectivity index (χ3v) is 5.46. The quantitative estimate of drug-likeness (QED) is 0.564. The van der Waals surface area contributed by atoms with Crippen molar-refractivity contribution in [3.05, 3.63) is 113 Å². The number of benzene rings is 2. The van der Waals surface area contributed by atoms with Crippen LogP contribution in [0.1, 0.15) is 22.3 Å². The van der Waals surface area contributed by atoms with E-state index in [9.17, 15) is 9.59 Å². The van der Waals surface area contributed by atoms with Gasteiger partial charge in [0.05, 0.1) is 18.4 Å². The molecule has 160 valence electrons. The minimum absolute atomic E-state index is 0.0557. The van der Waals surface area contributed by atoms with E-state index in [4.69, 9.17) is 10.5 Å². The number of esters is 1. The largest absolute Gasteiger partial charge is 0.465 e. The first kappa shape index (κ1) is 21.1. The van der Waals surface area contributed by atoms with Crippen LogP contribution >= 0.6 is 0 Å². The summed E-state index contributed by atoms with van der Waals surface area (Å²) in [5.41, 5.74) is 11.5. The molecule has 0 spiro atoms. The zero-order valence-corrected chi connectivity index (χ0v) is 17.8. The third kappa shape index (κ3) is 4.47. The molecule has 1 aliphatic heterocycles. The molecule has 5 heteroatoms. The Bertz CT molecular complexity index is 1200. The van der Waals surface area contributed by atoms with E-state index in [0.717, 1.165) is 22.4 Å². The highest BCUT2D eigenvalue weighted by Crippen LogP contribution is 2.32. The van der Waals surface area contributed by atoms with Gasteiger partial charge in [0.2, 0.25) is 0 Å². The van der Waals surface area contributed by atoms with Gasteiger partial charge in [-0.3, -0.25) is 4.79 Å². The molecule has 5 nitrogen and oxygen atoms in total. The number of nitrogens with two attached hydrogens (primary N) is 1. The molecule has 0 fully saturated rings. The number of para-hydroxylation sites is 1. The molecule has 2 aromatic carbocycles. The molecule has 2 aromatic rings. The molecule has 0 bridgehead atoms. The summed E-state index contributed by atoms with van der Waals surface area (Å²) in [5, 5.41) is 0. The predicted octanol–water partition coefficient (Wildman–Crippen LogP) is 4.85. The lowest BCUT2D eigenvalue weighted by atomic mass is 9.98. The number of anilines is 2. The van der Waals surface area contributed by atoms with E-state index in [1.165, 1.54) is 7.11 Å². The maximum absolute atomic E-state index is 13.3. The van der Waals surface area contributed by atoms with Gasteiger partial charge in [0.25, 0.3) is 5.91 Å². The zero-order valence-electron chi connectivity index (χ0n) is 17.8. The standard InChI is InChI=1S/C27H24N2O3/c1-32-27(31)21-9-4-7-19(8-5-10-21)22-16-17-29(25-11-3-2-6-23(25)18-22)26(30)20-12-14-24(28)15-13-20/h2-15,18H,16-17,28H2,1H3/b7-4-,8-5?,9-4?,10-5?,19-7?,19-8+,21-9?,21-10?. The van der Waals surface area contributed by atoms with Gasteiger partial charge in [0, 0.05) is 17.8 Å². The highest BCUT2D eigenvalue weighted by Gasteiger charge is 2.23. The van der Waals surface area contributed by atoms with Crippen LogP contribution in [0.5, 0.6) is 0 Å². The van der Waals surface area contributed by atoms with E-state index in [2.05, 4.69) is 6.08 Å². The summed E-state index contributed by atoms with van der Waals surface area (Å²) in [7, 11) is 1.37. The van der Waals surface area contributed by atoms with Crippen molar-refractivity contribution in [2.75, 3.05) is 24.3 Å². The summed E-state index contributed by atoms with van der Waals surface area (Å²) in [6, 6.07) is 14.9. The van der Waals surface area contributed by atoms with Gasteiger partial charge in [0.15, 0.2) is 0 Å². The molecule has 1 aliphatic carbocycles. The Morgan fingerprint density at radius 3 is 2.50 bits per heavy atom. The molecular weight excluding hydrogens is 400 g/mol. The fourth-order valence-electron chi connectivity index (χ4n) is 3.78. The lowest BCUT2D eigenvalue weighted by molar-refractivity contribution is -0.135. The lowest BCUT2D eigenvalue weighted by Gasteiger charge is -2.23. The first-order chi connectivity index (χ1) is 15.6. The number of fused-ring (bicyclic) bond motifs is 1. The van der Waals surface area contributed by atoms with E-state index in [1.807, 2.05) is 53.5 Å². The second kappa shape index (κ2) is 9.35. The molecule has 0 radical (unpaired) electrons. The molecule has 2 aliphatic rings. The van der Waals surface area contributed by atoms with Gasteiger partial charge >= 0.3 is 5.97 Å². The van der Waals surface area contributed by atoms with Crippen LogP contribution in [0.2, 0.25) is 0 Å². The SMILES string of the molecule is COC(=O)C1=C/C=C\C(C2=Cc3ccccc3N(C(=O)c3ccc(N)cc3)CC2)=C/C=C1. The van der Waals surface area contributed by atoms with Gasteiger partial charge in [-0.25, -0.2) is 4.79 Å². The second-order valence-electron chi connectivity index (χ2n) is 7.51. The molecule has 1 heterocycles. The molecule has 0 atom stereocenters. The maximum Gasteiger partial charge on any atom is 0.337 e. The topological polar surface area (TPSA) is 72.6 Å². The number of methoxy groups -OCH3 is 1. The highest BCUT2D eigenvalue weighted by molar-refractivity contribution is 6.07. The Morgan fingerprint density at radius 2 is 1.72 bits per heavy atom. The minimum atomic E-state index is -0.373. The zero-order chi connectivity index (χ0) is 22.5. The first-order valence-electron chi connectivity index (χ1n) is 10.4. The molecule has 0 unspecified atom stereocenters. The van der Waals surface area contributed by atoms with Gasteiger partial charge < -0.3 is 15.4 Å². The smallest absolute Gasteiger partial charge is 0.337 e. The van der Waals surface area contributed by atoms with Crippen molar-refractivity contribution in [1.29, 1.82) is 0 Å². The highest BCUT2D eigenvalue weighted by atomic mass is 16.5. The van der Waals surface area contributed by atoms with Crippen molar-refractivity contribution in [2.45, 2.75) is 6.42 Å². The Hall–Kier alpha value is -4.12. The summed E-state index contributed by atoms with van der Waals surface area (Å²) in [5.74, 6) is -0.429. The van der Waals surface area contributed by atoms with E-state index >= 15 is 0 Å². The van der Waals surface area contributed by atoms with Crippen LogP contribution in [0.25, 0.3) is 6.08 Å². The predicted molar refractivity (Wildman–Crippen MR) is 128 cm³/mol. The van der Waals surface area contributed by atoms with Crippen LogP contribution in [0.4, 0.5) is 11.4 Å². The number of allylic oxidation sites excluding steroid dienone is 6. The molecule has 4 rings (SSSR count). The van der Waals surface area contributed by atoms with Gasteiger partial charge in [0.1, 0.15) is 0 Å². The van der Waals surface area contributed by atoms with Crippen LogP contribution in [0.15, 0.2) is 102 Å². The monoisotopic (exact) mass is 424 g/mol. The number of carbonyl (C=O) groups is 2. The van der Waals surface area contributed by atoms with E-state index in [0.29, 0.717) is 29.8 Å². The van der Waals surface area contributed by atoms with Gasteiger partial charge in [-0.2, -0.15) is 0 Å². The van der Waals surface area contributed by atoms with E-state index in [1.54, 1.807) is 36.4 Å². The molecular formula is C27H24N2O3. The Balaban J connectivity index is 1.64. The van der Waals surface area contributed by atoms with E-state index < -0.39 is 0 Å². The minimum Gasteiger partial charge on any atom is -0.465 e. The van der Waals surface area contributed by atoms with Gasteiger partial charge in [-0.05, 0) is 71.7 Å². The summed E-state index contributed by atoms with van der Waals surface area (Å²) in [6.07, 6.45) is 13.9. The fraction of sp³-hybridized carbons (Fsp3) is 0.111.